The van der Waals surface area contributed by atoms with Gasteiger partial charge in [0.1, 0.15) is 10.6 Å². The molecular formula is C20H22N4O4S. The minimum absolute atomic E-state index is 0.0608. The van der Waals surface area contributed by atoms with Crippen molar-refractivity contribution in [1.29, 1.82) is 0 Å². The fraction of sp³-hybridized carbons (Fsp3) is 0.450. The van der Waals surface area contributed by atoms with E-state index < -0.39 is 10.0 Å². The summed E-state index contributed by atoms with van der Waals surface area (Å²) in [5.41, 5.74) is 1.37. The van der Waals surface area contributed by atoms with Crippen LogP contribution < -0.4 is 0 Å². The lowest BCUT2D eigenvalue weighted by Gasteiger charge is -2.31. The van der Waals surface area contributed by atoms with Crippen molar-refractivity contribution in [2.75, 3.05) is 13.1 Å². The van der Waals surface area contributed by atoms with Crippen LogP contribution in [0.15, 0.2) is 44.2 Å². The molecule has 1 spiro atoms. The van der Waals surface area contributed by atoms with Crippen molar-refractivity contribution in [3.05, 3.63) is 47.7 Å². The maximum atomic E-state index is 13.0. The molecule has 9 heteroatoms. The predicted molar refractivity (Wildman–Crippen MR) is 103 cm³/mol. The van der Waals surface area contributed by atoms with Crippen LogP contribution in [0.5, 0.6) is 0 Å². The standard InChI is InChI=1S/C20H22N4O4S/c1-13-17(14(2)28-23-13)29(25,26)24-10-8-20(9-11-24)12-16(20)19-22-21-18(27-19)15-6-4-3-5-7-15/h3-7,16H,8-12H2,1-2H3/t16-/m1/s1. The van der Waals surface area contributed by atoms with E-state index in [1.54, 1.807) is 18.2 Å². The summed E-state index contributed by atoms with van der Waals surface area (Å²) >= 11 is 0. The van der Waals surface area contributed by atoms with Crippen LogP contribution in [0.25, 0.3) is 11.5 Å². The molecule has 152 valence electrons. The van der Waals surface area contributed by atoms with Crippen LogP contribution in [0, 0.1) is 19.3 Å². The minimum Gasteiger partial charge on any atom is -0.420 e. The Morgan fingerprint density at radius 2 is 1.83 bits per heavy atom. The topological polar surface area (TPSA) is 102 Å². The largest absolute Gasteiger partial charge is 0.420 e. The van der Waals surface area contributed by atoms with Gasteiger partial charge in [-0.1, -0.05) is 23.4 Å². The van der Waals surface area contributed by atoms with Crippen LogP contribution in [-0.4, -0.2) is 41.2 Å². The second kappa shape index (κ2) is 6.50. The van der Waals surface area contributed by atoms with Gasteiger partial charge in [-0.25, -0.2) is 8.42 Å². The molecule has 0 amide bonds. The molecule has 1 aliphatic carbocycles. The Morgan fingerprint density at radius 3 is 2.48 bits per heavy atom. The fourth-order valence-corrected chi connectivity index (χ4v) is 6.20. The first-order valence-electron chi connectivity index (χ1n) is 9.73. The summed E-state index contributed by atoms with van der Waals surface area (Å²) in [6.45, 7) is 4.24. The van der Waals surface area contributed by atoms with Crippen LogP contribution in [0.3, 0.4) is 0 Å². The summed E-state index contributed by atoms with van der Waals surface area (Å²) < 4.78 is 38.6. The molecule has 0 bridgehead atoms. The van der Waals surface area contributed by atoms with Crippen LogP contribution in [0.1, 0.15) is 42.5 Å². The van der Waals surface area contributed by atoms with Gasteiger partial charge in [-0.05, 0) is 50.7 Å². The molecule has 1 aliphatic heterocycles. The van der Waals surface area contributed by atoms with E-state index >= 15 is 0 Å². The first-order valence-corrected chi connectivity index (χ1v) is 11.2. The predicted octanol–water partition coefficient (Wildman–Crippen LogP) is 3.30. The van der Waals surface area contributed by atoms with Crippen LogP contribution in [-0.2, 0) is 10.0 Å². The van der Waals surface area contributed by atoms with Crippen molar-refractivity contribution in [2.24, 2.45) is 5.41 Å². The highest BCUT2D eigenvalue weighted by Crippen LogP contribution is 2.64. The molecule has 2 aromatic heterocycles. The van der Waals surface area contributed by atoms with Gasteiger partial charge >= 0.3 is 0 Å². The monoisotopic (exact) mass is 414 g/mol. The van der Waals surface area contributed by atoms with Gasteiger partial charge in [-0.15, -0.1) is 10.2 Å². The summed E-state index contributed by atoms with van der Waals surface area (Å²) in [6, 6.07) is 9.71. The molecule has 29 heavy (non-hydrogen) atoms. The molecule has 1 atom stereocenters. The number of aromatic nitrogens is 3. The van der Waals surface area contributed by atoms with E-state index in [0.717, 1.165) is 24.8 Å². The molecule has 0 radical (unpaired) electrons. The Bertz CT molecular complexity index is 1120. The lowest BCUT2D eigenvalue weighted by atomic mass is 9.92. The quantitative estimate of drug-likeness (QED) is 0.645. The fourth-order valence-electron chi connectivity index (χ4n) is 4.47. The number of sulfonamides is 1. The Kier molecular flexibility index (Phi) is 4.15. The Labute approximate surface area is 169 Å². The summed E-state index contributed by atoms with van der Waals surface area (Å²) in [4.78, 5) is 0.199. The molecule has 3 aromatic rings. The third-order valence-corrected chi connectivity index (χ3v) is 8.38. The van der Waals surface area contributed by atoms with Gasteiger partial charge in [0.25, 0.3) is 0 Å². The van der Waals surface area contributed by atoms with Crippen molar-refractivity contribution in [3.63, 3.8) is 0 Å². The molecule has 2 aliphatic rings. The van der Waals surface area contributed by atoms with Gasteiger partial charge in [0, 0.05) is 24.6 Å². The number of benzene rings is 1. The van der Waals surface area contributed by atoms with Crippen LogP contribution >= 0.6 is 0 Å². The van der Waals surface area contributed by atoms with Gasteiger partial charge < -0.3 is 8.94 Å². The van der Waals surface area contributed by atoms with E-state index in [-0.39, 0.29) is 16.2 Å². The number of rotatable bonds is 4. The third-order valence-electron chi connectivity index (χ3n) is 6.23. The Hall–Kier alpha value is -2.52. The highest BCUT2D eigenvalue weighted by Gasteiger charge is 2.59. The highest BCUT2D eigenvalue weighted by molar-refractivity contribution is 7.89. The Balaban J connectivity index is 1.29. The molecule has 0 N–H and O–H groups in total. The maximum Gasteiger partial charge on any atom is 0.248 e. The Morgan fingerprint density at radius 1 is 1.10 bits per heavy atom. The van der Waals surface area contributed by atoms with E-state index in [0.29, 0.717) is 36.3 Å². The van der Waals surface area contributed by atoms with Gasteiger partial charge in [0.15, 0.2) is 5.76 Å². The number of aryl methyl sites for hydroxylation is 2. The normalized spacial score (nSPS) is 21.5. The molecule has 3 heterocycles. The number of piperidine rings is 1. The molecule has 1 saturated heterocycles. The summed E-state index contributed by atoms with van der Waals surface area (Å²) in [7, 11) is -3.59. The molecule has 8 nitrogen and oxygen atoms in total. The molecule has 1 saturated carbocycles. The van der Waals surface area contributed by atoms with Gasteiger partial charge in [0.2, 0.25) is 21.8 Å². The van der Waals surface area contributed by atoms with E-state index in [1.807, 2.05) is 30.3 Å². The first-order chi connectivity index (χ1) is 13.9. The van der Waals surface area contributed by atoms with Crippen LogP contribution in [0.2, 0.25) is 0 Å². The molecule has 5 rings (SSSR count). The number of hydrogen-bond donors (Lipinski definition) is 0. The van der Waals surface area contributed by atoms with E-state index in [2.05, 4.69) is 15.4 Å². The SMILES string of the molecule is Cc1noc(C)c1S(=O)(=O)N1CCC2(CC1)C[C@@H]2c1nnc(-c2ccccc2)o1. The zero-order valence-electron chi connectivity index (χ0n) is 16.3. The second-order valence-electron chi connectivity index (χ2n) is 7.99. The van der Waals surface area contributed by atoms with Crippen molar-refractivity contribution in [3.8, 4) is 11.5 Å². The number of hydrogen-bond acceptors (Lipinski definition) is 7. The smallest absolute Gasteiger partial charge is 0.248 e. The van der Waals surface area contributed by atoms with Gasteiger partial charge in [-0.2, -0.15) is 4.31 Å². The van der Waals surface area contributed by atoms with Crippen molar-refractivity contribution >= 4 is 10.0 Å². The molecular weight excluding hydrogens is 392 g/mol. The zero-order valence-corrected chi connectivity index (χ0v) is 17.1. The summed E-state index contributed by atoms with van der Waals surface area (Å²) in [6.07, 6.45) is 2.52. The summed E-state index contributed by atoms with van der Waals surface area (Å²) in [5, 5.41) is 12.2. The molecule has 1 aromatic carbocycles. The number of nitrogens with zero attached hydrogens (tertiary/aromatic N) is 4. The maximum absolute atomic E-state index is 13.0. The molecule has 2 fully saturated rings. The van der Waals surface area contributed by atoms with E-state index in [9.17, 15) is 8.42 Å². The van der Waals surface area contributed by atoms with E-state index in [4.69, 9.17) is 8.94 Å². The van der Waals surface area contributed by atoms with Crippen molar-refractivity contribution < 1.29 is 17.4 Å². The molecule has 0 unspecified atom stereocenters. The average Bonchev–Trinajstić information content (AvgIpc) is 3.05. The zero-order chi connectivity index (χ0) is 20.2. The van der Waals surface area contributed by atoms with Crippen LogP contribution in [0.4, 0.5) is 0 Å². The van der Waals surface area contributed by atoms with Crippen molar-refractivity contribution in [2.45, 2.75) is 43.9 Å². The lowest BCUT2D eigenvalue weighted by molar-refractivity contribution is 0.246. The lowest BCUT2D eigenvalue weighted by Crippen LogP contribution is -2.39. The van der Waals surface area contributed by atoms with Crippen molar-refractivity contribution in [1.82, 2.24) is 19.7 Å². The van der Waals surface area contributed by atoms with Gasteiger partial charge in [0.05, 0.1) is 0 Å². The first kappa shape index (κ1) is 18.5. The summed E-state index contributed by atoms with van der Waals surface area (Å²) in [5.74, 6) is 1.73. The minimum atomic E-state index is -3.59. The van der Waals surface area contributed by atoms with E-state index in [1.165, 1.54) is 0 Å². The average molecular weight is 414 g/mol. The second-order valence-corrected chi connectivity index (χ2v) is 9.86. The third kappa shape index (κ3) is 3.00. The highest BCUT2D eigenvalue weighted by atomic mass is 32.2. The van der Waals surface area contributed by atoms with Gasteiger partial charge in [-0.3, -0.25) is 0 Å².